The van der Waals surface area contributed by atoms with Crippen molar-refractivity contribution in [2.75, 3.05) is 6.61 Å². The quantitative estimate of drug-likeness (QED) is 0.409. The summed E-state index contributed by atoms with van der Waals surface area (Å²) >= 11 is 10.2. The van der Waals surface area contributed by atoms with Crippen molar-refractivity contribution in [1.82, 2.24) is 4.90 Å². The molecule has 0 bridgehead atoms. The van der Waals surface area contributed by atoms with Crippen LogP contribution in [0.25, 0.3) is 0 Å². The van der Waals surface area contributed by atoms with E-state index in [1.807, 2.05) is 44.2 Å². The number of hydrogen-bond donors (Lipinski definition) is 1. The standard InChI is InChI=1S/C22H22Br3NO5/c1-12(2)17-11-31-22(29)26(17)21(28)18(25)19(27)14-8-15(23)20(16(24)9-14)30-10-13-6-4-3-5-7-13/h3-9,12,17-19,27H,10-11H2,1-2H3/t17-,18+,19+/m1/s1. The number of imide groups is 1. The van der Waals surface area contributed by atoms with Gasteiger partial charge in [-0.3, -0.25) is 4.79 Å². The summed E-state index contributed by atoms with van der Waals surface area (Å²) in [6.07, 6.45) is -1.88. The molecule has 9 heteroatoms. The Hall–Kier alpha value is -1.42. The molecule has 1 saturated heterocycles. The lowest BCUT2D eigenvalue weighted by molar-refractivity contribution is -0.130. The van der Waals surface area contributed by atoms with Gasteiger partial charge in [0, 0.05) is 0 Å². The minimum absolute atomic E-state index is 0.0385. The molecule has 1 fully saturated rings. The molecule has 2 aromatic carbocycles. The lowest BCUT2D eigenvalue weighted by atomic mass is 10.0. The maximum atomic E-state index is 13.0. The van der Waals surface area contributed by atoms with E-state index in [9.17, 15) is 14.7 Å². The van der Waals surface area contributed by atoms with Crippen LogP contribution in [-0.2, 0) is 16.1 Å². The first-order valence-corrected chi connectivity index (χ1v) is 12.2. The van der Waals surface area contributed by atoms with Crippen LogP contribution in [0.4, 0.5) is 4.79 Å². The molecule has 3 rings (SSSR count). The fourth-order valence-corrected chi connectivity index (χ4v) is 5.21. The number of nitrogens with zero attached hydrogens (tertiary/aromatic N) is 1. The van der Waals surface area contributed by atoms with Gasteiger partial charge in [0.25, 0.3) is 0 Å². The normalized spacial score (nSPS) is 18.1. The van der Waals surface area contributed by atoms with Gasteiger partial charge in [0.1, 0.15) is 29.9 Å². The van der Waals surface area contributed by atoms with Crippen molar-refractivity contribution in [2.24, 2.45) is 5.92 Å². The Labute approximate surface area is 206 Å². The van der Waals surface area contributed by atoms with Gasteiger partial charge in [0.2, 0.25) is 5.91 Å². The Bertz CT molecular complexity index is 930. The smallest absolute Gasteiger partial charge is 0.417 e. The largest absolute Gasteiger partial charge is 0.487 e. The van der Waals surface area contributed by atoms with Gasteiger partial charge >= 0.3 is 6.09 Å². The van der Waals surface area contributed by atoms with Gasteiger partial charge < -0.3 is 14.6 Å². The summed E-state index contributed by atoms with van der Waals surface area (Å²) in [6.45, 7) is 4.36. The Balaban J connectivity index is 1.75. The second-order valence-corrected chi connectivity index (χ2v) is 10.2. The number of ether oxygens (including phenoxy) is 2. The highest BCUT2D eigenvalue weighted by Crippen LogP contribution is 2.38. The number of halogens is 3. The Kier molecular flexibility index (Phi) is 8.18. The Morgan fingerprint density at radius 2 is 1.84 bits per heavy atom. The van der Waals surface area contributed by atoms with Gasteiger partial charge in [-0.15, -0.1) is 0 Å². The SMILES string of the molecule is CC(C)[C@H]1COC(=O)N1C(=O)[C@@H](Br)[C@@H](O)c1cc(Br)c(OCc2ccccc2)c(Br)c1. The van der Waals surface area contributed by atoms with Crippen molar-refractivity contribution in [3.63, 3.8) is 0 Å². The summed E-state index contributed by atoms with van der Waals surface area (Å²) < 4.78 is 12.2. The van der Waals surface area contributed by atoms with Gasteiger partial charge in [-0.2, -0.15) is 0 Å². The van der Waals surface area contributed by atoms with E-state index < -0.39 is 22.9 Å². The molecule has 1 aliphatic heterocycles. The number of amides is 2. The molecule has 166 valence electrons. The van der Waals surface area contributed by atoms with Gasteiger partial charge in [0.05, 0.1) is 15.0 Å². The molecule has 0 unspecified atom stereocenters. The van der Waals surface area contributed by atoms with Crippen molar-refractivity contribution < 1.29 is 24.2 Å². The van der Waals surface area contributed by atoms with E-state index >= 15 is 0 Å². The highest BCUT2D eigenvalue weighted by atomic mass is 79.9. The number of carbonyl (C=O) groups is 2. The molecular weight excluding hydrogens is 598 g/mol. The predicted molar refractivity (Wildman–Crippen MR) is 127 cm³/mol. The maximum absolute atomic E-state index is 13.0. The fourth-order valence-electron chi connectivity index (χ4n) is 3.23. The third kappa shape index (κ3) is 5.50. The van der Waals surface area contributed by atoms with E-state index in [-0.39, 0.29) is 18.6 Å². The number of hydrogen-bond acceptors (Lipinski definition) is 5. The molecular formula is C22H22Br3NO5. The summed E-state index contributed by atoms with van der Waals surface area (Å²) in [5.74, 6) is 0.0853. The van der Waals surface area contributed by atoms with Gasteiger partial charge in [-0.05, 0) is 61.0 Å². The van der Waals surface area contributed by atoms with Crippen molar-refractivity contribution in [3.05, 3.63) is 62.5 Å². The van der Waals surface area contributed by atoms with E-state index in [1.54, 1.807) is 12.1 Å². The number of rotatable bonds is 7. The monoisotopic (exact) mass is 617 g/mol. The summed E-state index contributed by atoms with van der Waals surface area (Å²) in [5.41, 5.74) is 1.50. The molecule has 6 nitrogen and oxygen atoms in total. The third-order valence-corrected chi connectivity index (χ3v) is 7.08. The lowest BCUT2D eigenvalue weighted by Crippen LogP contribution is -2.46. The molecule has 0 saturated carbocycles. The van der Waals surface area contributed by atoms with E-state index in [1.165, 1.54) is 0 Å². The van der Waals surface area contributed by atoms with Gasteiger partial charge in [-0.25, -0.2) is 9.69 Å². The summed E-state index contributed by atoms with van der Waals surface area (Å²) in [5, 5.41) is 10.8. The van der Waals surface area contributed by atoms with Crippen LogP contribution in [0.2, 0.25) is 0 Å². The number of aliphatic hydroxyl groups is 1. The first-order valence-electron chi connectivity index (χ1n) is 9.68. The summed E-state index contributed by atoms with van der Waals surface area (Å²) in [6, 6.07) is 12.8. The Morgan fingerprint density at radius 3 is 2.42 bits per heavy atom. The van der Waals surface area contributed by atoms with Crippen LogP contribution in [0.1, 0.15) is 31.1 Å². The number of aliphatic hydroxyl groups excluding tert-OH is 1. The van der Waals surface area contributed by atoms with Crippen LogP contribution >= 0.6 is 47.8 Å². The van der Waals surface area contributed by atoms with E-state index in [0.717, 1.165) is 10.5 Å². The molecule has 2 aromatic rings. The third-order valence-electron chi connectivity index (χ3n) is 5.01. The molecule has 0 spiro atoms. The molecule has 2 amide bonds. The lowest BCUT2D eigenvalue weighted by Gasteiger charge is -2.27. The second kappa shape index (κ2) is 10.5. The molecule has 0 aromatic heterocycles. The Morgan fingerprint density at radius 1 is 1.23 bits per heavy atom. The number of benzene rings is 2. The highest BCUT2D eigenvalue weighted by Gasteiger charge is 2.43. The van der Waals surface area contributed by atoms with Crippen molar-refractivity contribution >= 4 is 59.8 Å². The van der Waals surface area contributed by atoms with Gasteiger partial charge in [-0.1, -0.05) is 60.1 Å². The zero-order chi connectivity index (χ0) is 22.7. The van der Waals surface area contributed by atoms with Crippen LogP contribution < -0.4 is 4.74 Å². The van der Waals surface area contributed by atoms with E-state index in [2.05, 4.69) is 47.8 Å². The van der Waals surface area contributed by atoms with E-state index in [4.69, 9.17) is 9.47 Å². The molecule has 3 atom stereocenters. The van der Waals surface area contributed by atoms with E-state index in [0.29, 0.717) is 26.9 Å². The van der Waals surface area contributed by atoms with Gasteiger partial charge in [0.15, 0.2) is 0 Å². The zero-order valence-electron chi connectivity index (χ0n) is 16.9. The van der Waals surface area contributed by atoms with Crippen molar-refractivity contribution in [2.45, 2.75) is 37.4 Å². The molecule has 0 aliphatic carbocycles. The first-order chi connectivity index (χ1) is 14.7. The molecule has 1 heterocycles. The first kappa shape index (κ1) is 24.2. The molecule has 31 heavy (non-hydrogen) atoms. The van der Waals surface area contributed by atoms with Crippen LogP contribution in [-0.4, -0.2) is 39.5 Å². The maximum Gasteiger partial charge on any atom is 0.417 e. The minimum atomic E-state index is -1.19. The summed E-state index contributed by atoms with van der Waals surface area (Å²) in [4.78, 5) is 25.1. The topological polar surface area (TPSA) is 76.1 Å². The summed E-state index contributed by atoms with van der Waals surface area (Å²) in [7, 11) is 0. The molecule has 0 radical (unpaired) electrons. The minimum Gasteiger partial charge on any atom is -0.487 e. The average molecular weight is 620 g/mol. The van der Waals surface area contributed by atoms with Crippen LogP contribution in [0, 0.1) is 5.92 Å². The highest BCUT2D eigenvalue weighted by molar-refractivity contribution is 9.11. The predicted octanol–water partition coefficient (Wildman–Crippen LogP) is 5.59. The molecule has 1 N–H and O–H groups in total. The fraction of sp³-hybridized carbons (Fsp3) is 0.364. The van der Waals surface area contributed by atoms with Crippen molar-refractivity contribution in [3.8, 4) is 5.75 Å². The molecule has 1 aliphatic rings. The van der Waals surface area contributed by atoms with Crippen molar-refractivity contribution in [1.29, 1.82) is 0 Å². The number of cyclic esters (lactones) is 1. The van der Waals surface area contributed by atoms with Crippen LogP contribution in [0.5, 0.6) is 5.75 Å². The average Bonchev–Trinajstić information content (AvgIpc) is 3.13. The second-order valence-electron chi connectivity index (χ2n) is 7.53. The zero-order valence-corrected chi connectivity index (χ0v) is 21.7. The van der Waals surface area contributed by atoms with Crippen LogP contribution in [0.3, 0.4) is 0 Å². The van der Waals surface area contributed by atoms with Crippen LogP contribution in [0.15, 0.2) is 51.4 Å². The number of carbonyl (C=O) groups excluding carboxylic acids is 2. The number of alkyl halides is 1.